The minimum absolute atomic E-state index is 0.115. The van der Waals surface area contributed by atoms with Gasteiger partial charge >= 0.3 is 5.97 Å². The average molecular weight is 331 g/mol. The monoisotopic (exact) mass is 330 g/mol. The van der Waals surface area contributed by atoms with Crippen molar-refractivity contribution in [3.8, 4) is 5.75 Å². The minimum atomic E-state index is -1.01. The summed E-state index contributed by atoms with van der Waals surface area (Å²) < 4.78 is 5.92. The van der Waals surface area contributed by atoms with Crippen LogP contribution in [-0.2, 0) is 16.1 Å². The zero-order valence-corrected chi connectivity index (χ0v) is 12.0. The summed E-state index contributed by atoms with van der Waals surface area (Å²) in [5, 5.41) is 8.81. The van der Waals surface area contributed by atoms with E-state index in [0.717, 1.165) is 10.0 Å². The highest BCUT2D eigenvalue weighted by molar-refractivity contribution is 9.10. The van der Waals surface area contributed by atoms with Gasteiger partial charge in [-0.25, -0.2) is 0 Å². The molecule has 0 atom stereocenters. The molecular formula is C12H15BrN2O4. The minimum Gasteiger partial charge on any atom is -0.497 e. The summed E-state index contributed by atoms with van der Waals surface area (Å²) in [6.45, 7) is -0.0877. The lowest BCUT2D eigenvalue weighted by Crippen LogP contribution is -2.36. The number of amides is 1. The fourth-order valence-corrected chi connectivity index (χ4v) is 1.99. The molecule has 0 unspecified atom stereocenters. The van der Waals surface area contributed by atoms with Crippen molar-refractivity contribution in [2.75, 3.05) is 20.2 Å². The molecule has 0 aliphatic rings. The second-order valence-electron chi connectivity index (χ2n) is 3.96. The molecule has 1 aromatic carbocycles. The van der Waals surface area contributed by atoms with E-state index in [1.165, 1.54) is 4.90 Å². The zero-order chi connectivity index (χ0) is 14.4. The van der Waals surface area contributed by atoms with Crippen molar-refractivity contribution in [1.29, 1.82) is 0 Å². The largest absolute Gasteiger partial charge is 0.497 e. The Morgan fingerprint density at radius 2 is 2.11 bits per heavy atom. The Kier molecular flexibility index (Phi) is 5.78. The summed E-state index contributed by atoms with van der Waals surface area (Å²) in [7, 11) is 1.55. The van der Waals surface area contributed by atoms with E-state index in [9.17, 15) is 9.59 Å². The van der Waals surface area contributed by atoms with Gasteiger partial charge in [-0.3, -0.25) is 14.5 Å². The van der Waals surface area contributed by atoms with Gasteiger partial charge in [-0.1, -0.05) is 15.9 Å². The van der Waals surface area contributed by atoms with Crippen molar-refractivity contribution in [2.24, 2.45) is 5.73 Å². The molecule has 0 radical (unpaired) electrons. The molecule has 0 saturated carbocycles. The molecule has 0 fully saturated rings. The highest BCUT2D eigenvalue weighted by Gasteiger charge is 2.14. The number of ether oxygens (including phenoxy) is 1. The molecule has 19 heavy (non-hydrogen) atoms. The standard InChI is InChI=1S/C12H15BrN2O4/c1-19-9-2-3-10(13)8(4-9)5-15(6-11(14)16)7-12(17)18/h2-4H,5-7H2,1H3,(H2,14,16)(H,17,18). The number of hydrogen-bond donors (Lipinski definition) is 2. The predicted molar refractivity (Wildman–Crippen MR) is 72.8 cm³/mol. The van der Waals surface area contributed by atoms with Crippen LogP contribution in [0.2, 0.25) is 0 Å². The van der Waals surface area contributed by atoms with Crippen molar-refractivity contribution in [3.05, 3.63) is 28.2 Å². The van der Waals surface area contributed by atoms with Crippen molar-refractivity contribution >= 4 is 27.8 Å². The lowest BCUT2D eigenvalue weighted by Gasteiger charge is -2.19. The van der Waals surface area contributed by atoms with Gasteiger partial charge in [0.25, 0.3) is 0 Å². The van der Waals surface area contributed by atoms with Gasteiger partial charge in [0, 0.05) is 11.0 Å². The van der Waals surface area contributed by atoms with Gasteiger partial charge in [0.15, 0.2) is 0 Å². The Bertz CT molecular complexity index is 463. The fourth-order valence-electron chi connectivity index (χ4n) is 1.62. The number of primary amides is 1. The molecule has 0 aromatic heterocycles. The summed E-state index contributed by atoms with van der Waals surface area (Å²) >= 11 is 3.37. The van der Waals surface area contributed by atoms with Crippen LogP contribution in [0.3, 0.4) is 0 Å². The highest BCUT2D eigenvalue weighted by Crippen LogP contribution is 2.23. The number of aliphatic carboxylic acids is 1. The van der Waals surface area contributed by atoms with E-state index < -0.39 is 11.9 Å². The molecule has 0 heterocycles. The fraction of sp³-hybridized carbons (Fsp3) is 0.333. The molecule has 1 rings (SSSR count). The highest BCUT2D eigenvalue weighted by atomic mass is 79.9. The molecule has 0 aliphatic heterocycles. The van der Waals surface area contributed by atoms with Gasteiger partial charge in [0.2, 0.25) is 5.91 Å². The average Bonchev–Trinajstić information content (AvgIpc) is 2.30. The van der Waals surface area contributed by atoms with Crippen LogP contribution in [0.25, 0.3) is 0 Å². The Morgan fingerprint density at radius 1 is 1.42 bits per heavy atom. The van der Waals surface area contributed by atoms with Crippen LogP contribution >= 0.6 is 15.9 Å². The SMILES string of the molecule is COc1ccc(Br)c(CN(CC(N)=O)CC(=O)O)c1. The predicted octanol–water partition coefficient (Wildman–Crippen LogP) is 0.830. The maximum absolute atomic E-state index is 10.9. The number of carbonyl (C=O) groups is 2. The Hall–Kier alpha value is -1.60. The molecule has 6 nitrogen and oxygen atoms in total. The summed E-state index contributed by atoms with van der Waals surface area (Å²) in [5.74, 6) is -0.923. The molecular weight excluding hydrogens is 316 g/mol. The molecule has 7 heteroatoms. The maximum Gasteiger partial charge on any atom is 0.317 e. The lowest BCUT2D eigenvalue weighted by atomic mass is 10.2. The van der Waals surface area contributed by atoms with Crippen molar-refractivity contribution < 1.29 is 19.4 Å². The third kappa shape index (κ3) is 5.27. The van der Waals surface area contributed by atoms with Crippen LogP contribution in [0.15, 0.2) is 22.7 Å². The van der Waals surface area contributed by atoms with Gasteiger partial charge in [0.05, 0.1) is 20.2 Å². The van der Waals surface area contributed by atoms with Gasteiger partial charge in [-0.2, -0.15) is 0 Å². The van der Waals surface area contributed by atoms with Crippen molar-refractivity contribution in [3.63, 3.8) is 0 Å². The lowest BCUT2D eigenvalue weighted by molar-refractivity contribution is -0.138. The zero-order valence-electron chi connectivity index (χ0n) is 10.4. The number of rotatable bonds is 7. The first-order valence-corrected chi connectivity index (χ1v) is 6.26. The van der Waals surface area contributed by atoms with E-state index in [0.29, 0.717) is 5.75 Å². The molecule has 3 N–H and O–H groups in total. The van der Waals surface area contributed by atoms with E-state index in [-0.39, 0.29) is 19.6 Å². The molecule has 1 aromatic rings. The molecule has 0 saturated heterocycles. The summed E-state index contributed by atoms with van der Waals surface area (Å²) in [6, 6.07) is 5.36. The van der Waals surface area contributed by atoms with E-state index in [2.05, 4.69) is 15.9 Å². The number of hydrogen-bond acceptors (Lipinski definition) is 4. The van der Waals surface area contributed by atoms with Crippen LogP contribution < -0.4 is 10.5 Å². The maximum atomic E-state index is 10.9. The number of nitrogens with two attached hydrogens (primary N) is 1. The Balaban J connectivity index is 2.88. The second-order valence-corrected chi connectivity index (χ2v) is 4.82. The van der Waals surface area contributed by atoms with Crippen LogP contribution in [0.5, 0.6) is 5.75 Å². The molecule has 1 amide bonds. The number of carboxylic acids is 1. The number of carbonyl (C=O) groups excluding carboxylic acids is 1. The van der Waals surface area contributed by atoms with E-state index >= 15 is 0 Å². The Morgan fingerprint density at radius 3 is 2.63 bits per heavy atom. The quantitative estimate of drug-likeness (QED) is 0.772. The van der Waals surface area contributed by atoms with Crippen molar-refractivity contribution in [2.45, 2.75) is 6.54 Å². The Labute approximate surface area is 119 Å². The van der Waals surface area contributed by atoms with Gasteiger partial charge in [-0.15, -0.1) is 0 Å². The first-order valence-electron chi connectivity index (χ1n) is 5.47. The number of carboxylic acid groups (broad SMARTS) is 1. The van der Waals surface area contributed by atoms with Gasteiger partial charge in [0.1, 0.15) is 5.75 Å². The van der Waals surface area contributed by atoms with E-state index in [1.54, 1.807) is 25.3 Å². The summed E-state index contributed by atoms with van der Waals surface area (Å²) in [6.07, 6.45) is 0. The first kappa shape index (κ1) is 15.5. The van der Waals surface area contributed by atoms with Crippen molar-refractivity contribution in [1.82, 2.24) is 4.90 Å². The smallest absolute Gasteiger partial charge is 0.317 e. The van der Waals surface area contributed by atoms with Crippen LogP contribution in [0, 0.1) is 0 Å². The van der Waals surface area contributed by atoms with Gasteiger partial charge in [-0.05, 0) is 23.8 Å². The number of methoxy groups -OCH3 is 1. The number of benzene rings is 1. The normalized spacial score (nSPS) is 10.5. The topological polar surface area (TPSA) is 92.9 Å². The second kappa shape index (κ2) is 7.10. The first-order chi connectivity index (χ1) is 8.92. The summed E-state index contributed by atoms with van der Waals surface area (Å²) in [4.78, 5) is 23.1. The summed E-state index contributed by atoms with van der Waals surface area (Å²) in [5.41, 5.74) is 5.93. The van der Waals surface area contributed by atoms with Crippen LogP contribution in [0.4, 0.5) is 0 Å². The number of halogens is 1. The van der Waals surface area contributed by atoms with Crippen LogP contribution in [-0.4, -0.2) is 42.1 Å². The molecule has 0 aliphatic carbocycles. The molecule has 0 spiro atoms. The van der Waals surface area contributed by atoms with Crippen LogP contribution in [0.1, 0.15) is 5.56 Å². The van der Waals surface area contributed by atoms with E-state index in [1.807, 2.05) is 0 Å². The van der Waals surface area contributed by atoms with Gasteiger partial charge < -0.3 is 15.6 Å². The molecule has 104 valence electrons. The third-order valence-electron chi connectivity index (χ3n) is 2.39. The molecule has 0 bridgehead atoms. The number of nitrogens with zero attached hydrogens (tertiary/aromatic N) is 1. The third-order valence-corrected chi connectivity index (χ3v) is 3.16. The van der Waals surface area contributed by atoms with E-state index in [4.69, 9.17) is 15.6 Å².